The topological polar surface area (TPSA) is 104 Å². The van der Waals surface area contributed by atoms with E-state index >= 15 is 0 Å². The van der Waals surface area contributed by atoms with Crippen LogP contribution in [0.15, 0.2) is 57.9 Å². The minimum Gasteiger partial charge on any atom is -0.351 e. The molecule has 2 aromatic rings. The summed E-state index contributed by atoms with van der Waals surface area (Å²) in [6, 6.07) is 12.6. The minimum atomic E-state index is -3.62. The Balaban J connectivity index is 1.82. The summed E-state index contributed by atoms with van der Waals surface area (Å²) >= 11 is 3.25. The lowest BCUT2D eigenvalue weighted by molar-refractivity contribution is -0.114. The molecule has 138 valence electrons. The van der Waals surface area contributed by atoms with E-state index in [1.807, 2.05) is 0 Å². The standard InChI is InChI=1S/C17H18BrN3O4S/c1-12(22)21-15-6-2-13(3-7-15)17(23)19-10-11-20-26(24,25)16-8-4-14(18)5-9-16/h2-9,20H,10-11H2,1H3,(H,19,23)(H,21,22). The van der Waals surface area contributed by atoms with Crippen LogP contribution in [-0.2, 0) is 14.8 Å². The summed E-state index contributed by atoms with van der Waals surface area (Å²) in [7, 11) is -3.62. The van der Waals surface area contributed by atoms with E-state index in [2.05, 4.69) is 31.3 Å². The zero-order valence-corrected chi connectivity index (χ0v) is 16.4. The van der Waals surface area contributed by atoms with Crippen LogP contribution in [0.4, 0.5) is 5.69 Å². The number of nitrogens with one attached hydrogen (secondary N) is 3. The number of benzene rings is 2. The quantitative estimate of drug-likeness (QED) is 0.574. The van der Waals surface area contributed by atoms with Crippen LogP contribution < -0.4 is 15.4 Å². The molecule has 7 nitrogen and oxygen atoms in total. The molecular weight excluding hydrogens is 422 g/mol. The van der Waals surface area contributed by atoms with Crippen LogP contribution in [0.25, 0.3) is 0 Å². The van der Waals surface area contributed by atoms with Crippen molar-refractivity contribution >= 4 is 43.5 Å². The molecule has 0 atom stereocenters. The second kappa shape index (κ2) is 8.93. The molecule has 2 aromatic carbocycles. The molecule has 0 aliphatic heterocycles. The summed E-state index contributed by atoms with van der Waals surface area (Å²) in [5.41, 5.74) is 1.01. The van der Waals surface area contributed by atoms with Gasteiger partial charge in [-0.2, -0.15) is 0 Å². The first-order chi connectivity index (χ1) is 12.3. The Morgan fingerprint density at radius 1 is 0.962 bits per heavy atom. The maximum absolute atomic E-state index is 12.1. The average molecular weight is 440 g/mol. The predicted molar refractivity (Wildman–Crippen MR) is 102 cm³/mol. The maximum atomic E-state index is 12.1. The first-order valence-corrected chi connectivity index (χ1v) is 9.96. The van der Waals surface area contributed by atoms with Gasteiger partial charge in [-0.25, -0.2) is 13.1 Å². The van der Waals surface area contributed by atoms with E-state index in [4.69, 9.17) is 0 Å². The first-order valence-electron chi connectivity index (χ1n) is 7.69. The van der Waals surface area contributed by atoms with E-state index < -0.39 is 10.0 Å². The molecule has 2 rings (SSSR count). The van der Waals surface area contributed by atoms with E-state index in [-0.39, 0.29) is 29.8 Å². The minimum absolute atomic E-state index is 0.0636. The molecule has 0 fully saturated rings. The smallest absolute Gasteiger partial charge is 0.251 e. The fourth-order valence-electron chi connectivity index (χ4n) is 2.07. The van der Waals surface area contributed by atoms with Crippen molar-refractivity contribution in [3.63, 3.8) is 0 Å². The number of hydrogen-bond acceptors (Lipinski definition) is 4. The van der Waals surface area contributed by atoms with Crippen LogP contribution in [0.1, 0.15) is 17.3 Å². The summed E-state index contributed by atoms with van der Waals surface area (Å²) in [4.78, 5) is 23.1. The van der Waals surface area contributed by atoms with Crippen molar-refractivity contribution in [2.45, 2.75) is 11.8 Å². The van der Waals surface area contributed by atoms with Gasteiger partial charge in [0.25, 0.3) is 5.91 Å². The van der Waals surface area contributed by atoms with Gasteiger partial charge >= 0.3 is 0 Å². The van der Waals surface area contributed by atoms with Crippen molar-refractivity contribution in [3.8, 4) is 0 Å². The largest absolute Gasteiger partial charge is 0.351 e. The van der Waals surface area contributed by atoms with Crippen molar-refractivity contribution in [2.24, 2.45) is 0 Å². The van der Waals surface area contributed by atoms with Crippen LogP contribution in [0.3, 0.4) is 0 Å². The highest BCUT2D eigenvalue weighted by molar-refractivity contribution is 9.10. The molecule has 0 radical (unpaired) electrons. The van der Waals surface area contributed by atoms with E-state index in [1.165, 1.54) is 19.1 Å². The number of anilines is 1. The summed E-state index contributed by atoms with van der Waals surface area (Å²) in [5.74, 6) is -0.525. The highest BCUT2D eigenvalue weighted by Gasteiger charge is 2.13. The fourth-order valence-corrected chi connectivity index (χ4v) is 3.36. The predicted octanol–water partition coefficient (Wildman–Crippen LogP) is 2.12. The molecule has 0 bridgehead atoms. The van der Waals surface area contributed by atoms with E-state index in [0.717, 1.165) is 4.47 Å². The molecular formula is C17H18BrN3O4S. The number of amides is 2. The number of hydrogen-bond donors (Lipinski definition) is 3. The van der Waals surface area contributed by atoms with E-state index in [1.54, 1.807) is 36.4 Å². The Bertz CT molecular complexity index is 881. The molecule has 26 heavy (non-hydrogen) atoms. The first kappa shape index (κ1) is 20.1. The number of rotatable bonds is 7. The van der Waals surface area contributed by atoms with Crippen LogP contribution >= 0.6 is 15.9 Å². The normalized spacial score (nSPS) is 11.0. The maximum Gasteiger partial charge on any atom is 0.251 e. The van der Waals surface area contributed by atoms with Crippen molar-refractivity contribution < 1.29 is 18.0 Å². The molecule has 0 saturated heterocycles. The number of halogens is 1. The Morgan fingerprint density at radius 3 is 2.15 bits per heavy atom. The molecule has 0 saturated carbocycles. The van der Waals surface area contributed by atoms with Gasteiger partial charge in [-0.3, -0.25) is 9.59 Å². The van der Waals surface area contributed by atoms with Crippen molar-refractivity contribution in [1.82, 2.24) is 10.0 Å². The van der Waals surface area contributed by atoms with Gasteiger partial charge in [0.1, 0.15) is 0 Å². The molecule has 0 aliphatic carbocycles. The highest BCUT2D eigenvalue weighted by atomic mass is 79.9. The Labute approximate surface area is 160 Å². The lowest BCUT2D eigenvalue weighted by Crippen LogP contribution is -2.34. The van der Waals surface area contributed by atoms with Gasteiger partial charge in [0.2, 0.25) is 15.9 Å². The van der Waals surface area contributed by atoms with Gasteiger partial charge in [0.05, 0.1) is 4.90 Å². The third kappa shape index (κ3) is 5.94. The average Bonchev–Trinajstić information content (AvgIpc) is 2.59. The molecule has 0 unspecified atom stereocenters. The molecule has 3 N–H and O–H groups in total. The van der Waals surface area contributed by atoms with E-state index in [0.29, 0.717) is 11.3 Å². The summed E-state index contributed by atoms with van der Waals surface area (Å²) in [6.45, 7) is 1.60. The summed E-state index contributed by atoms with van der Waals surface area (Å²) in [5, 5.41) is 5.24. The van der Waals surface area contributed by atoms with Gasteiger partial charge in [0.15, 0.2) is 0 Å². The summed E-state index contributed by atoms with van der Waals surface area (Å²) in [6.07, 6.45) is 0. The lowest BCUT2D eigenvalue weighted by Gasteiger charge is -2.09. The third-order valence-electron chi connectivity index (χ3n) is 3.29. The zero-order chi connectivity index (χ0) is 19.2. The number of sulfonamides is 1. The van der Waals surface area contributed by atoms with Gasteiger partial charge in [-0.05, 0) is 48.5 Å². The number of carbonyl (C=O) groups is 2. The van der Waals surface area contributed by atoms with Crippen LogP contribution in [-0.4, -0.2) is 33.3 Å². The molecule has 2 amide bonds. The van der Waals surface area contributed by atoms with Gasteiger partial charge in [-0.15, -0.1) is 0 Å². The second-order valence-corrected chi connectivity index (χ2v) is 8.05. The van der Waals surface area contributed by atoms with E-state index in [9.17, 15) is 18.0 Å². The van der Waals surface area contributed by atoms with Crippen molar-refractivity contribution in [3.05, 3.63) is 58.6 Å². The Hall–Kier alpha value is -2.23. The van der Waals surface area contributed by atoms with Crippen LogP contribution in [0.5, 0.6) is 0 Å². The van der Waals surface area contributed by atoms with Gasteiger partial charge in [-0.1, -0.05) is 15.9 Å². The van der Waals surface area contributed by atoms with Crippen molar-refractivity contribution in [2.75, 3.05) is 18.4 Å². The molecule has 0 heterocycles. The van der Waals surface area contributed by atoms with Gasteiger partial charge in [0, 0.05) is 35.7 Å². The third-order valence-corrected chi connectivity index (χ3v) is 5.30. The zero-order valence-electron chi connectivity index (χ0n) is 14.0. The fraction of sp³-hybridized carbons (Fsp3) is 0.176. The highest BCUT2D eigenvalue weighted by Crippen LogP contribution is 2.14. The molecule has 0 aromatic heterocycles. The number of carbonyl (C=O) groups excluding carboxylic acids is 2. The molecule has 0 spiro atoms. The lowest BCUT2D eigenvalue weighted by atomic mass is 10.2. The monoisotopic (exact) mass is 439 g/mol. The Morgan fingerprint density at radius 2 is 1.58 bits per heavy atom. The second-order valence-electron chi connectivity index (χ2n) is 5.37. The van der Waals surface area contributed by atoms with Crippen LogP contribution in [0, 0.1) is 0 Å². The van der Waals surface area contributed by atoms with Crippen molar-refractivity contribution in [1.29, 1.82) is 0 Å². The van der Waals surface area contributed by atoms with Crippen LogP contribution in [0.2, 0.25) is 0 Å². The SMILES string of the molecule is CC(=O)Nc1ccc(C(=O)NCCNS(=O)(=O)c2ccc(Br)cc2)cc1. The molecule has 0 aliphatic rings. The summed E-state index contributed by atoms with van der Waals surface area (Å²) < 4.78 is 27.4. The van der Waals surface area contributed by atoms with Gasteiger partial charge < -0.3 is 10.6 Å². The Kier molecular flexibility index (Phi) is 6.90. The molecule has 9 heteroatoms.